The van der Waals surface area contributed by atoms with Crippen LogP contribution < -0.4 is 4.74 Å². The predicted molar refractivity (Wildman–Crippen MR) is 102 cm³/mol. The highest BCUT2D eigenvalue weighted by atomic mass is 32.2. The number of hydrogen-bond donors (Lipinski definition) is 0. The summed E-state index contributed by atoms with van der Waals surface area (Å²) in [5, 5.41) is 0. The Morgan fingerprint density at radius 2 is 2.04 bits per heavy atom. The van der Waals surface area contributed by atoms with Crippen LogP contribution in [0.5, 0.6) is 5.75 Å². The molecule has 1 aliphatic heterocycles. The molecular formula is C19H23N3O4S. The molecule has 1 aromatic heterocycles. The van der Waals surface area contributed by atoms with Crippen molar-refractivity contribution < 1.29 is 17.9 Å². The lowest BCUT2D eigenvalue weighted by atomic mass is 10.1. The van der Waals surface area contributed by atoms with Crippen LogP contribution in [-0.4, -0.2) is 61.0 Å². The molecule has 0 aliphatic carbocycles. The number of sulfonamides is 1. The first-order valence-corrected chi connectivity index (χ1v) is 10.5. The number of rotatable bonds is 7. The van der Waals surface area contributed by atoms with Gasteiger partial charge in [-0.25, -0.2) is 8.42 Å². The molecule has 1 saturated heterocycles. The van der Waals surface area contributed by atoms with Crippen molar-refractivity contribution in [1.29, 1.82) is 0 Å². The van der Waals surface area contributed by atoms with Crippen LogP contribution in [0.4, 0.5) is 0 Å². The number of nitrogens with zero attached hydrogens (tertiary/aromatic N) is 3. The second-order valence-electron chi connectivity index (χ2n) is 6.61. The summed E-state index contributed by atoms with van der Waals surface area (Å²) in [6, 6.07) is 12.6. The maximum absolute atomic E-state index is 12.5. The third-order valence-electron chi connectivity index (χ3n) is 4.58. The molecule has 0 unspecified atom stereocenters. The molecule has 0 radical (unpaired) electrons. The molecule has 0 N–H and O–H groups in total. The molecule has 144 valence electrons. The van der Waals surface area contributed by atoms with Gasteiger partial charge in [-0.05, 0) is 29.8 Å². The SMILES string of the molecule is COc1cccc(CC(=O)N2CC(N(Cc3ccccn3)S(C)(=O)=O)C2)c1. The second-order valence-corrected chi connectivity index (χ2v) is 8.55. The highest BCUT2D eigenvalue weighted by Crippen LogP contribution is 2.22. The van der Waals surface area contributed by atoms with E-state index < -0.39 is 10.0 Å². The summed E-state index contributed by atoms with van der Waals surface area (Å²) in [6.45, 7) is 0.994. The number of benzene rings is 1. The van der Waals surface area contributed by atoms with Gasteiger partial charge in [0, 0.05) is 19.3 Å². The van der Waals surface area contributed by atoms with Gasteiger partial charge in [0.25, 0.3) is 0 Å². The van der Waals surface area contributed by atoms with Gasteiger partial charge in [-0.3, -0.25) is 9.78 Å². The Balaban J connectivity index is 1.61. The molecule has 0 spiro atoms. The molecule has 0 atom stereocenters. The summed E-state index contributed by atoms with van der Waals surface area (Å²) in [7, 11) is -1.82. The zero-order chi connectivity index (χ0) is 19.4. The van der Waals surface area contributed by atoms with Gasteiger partial charge in [-0.15, -0.1) is 0 Å². The van der Waals surface area contributed by atoms with Gasteiger partial charge in [0.1, 0.15) is 5.75 Å². The number of carbonyl (C=O) groups excluding carboxylic acids is 1. The lowest BCUT2D eigenvalue weighted by molar-refractivity contribution is -0.136. The molecule has 1 aromatic carbocycles. The van der Waals surface area contributed by atoms with E-state index in [9.17, 15) is 13.2 Å². The highest BCUT2D eigenvalue weighted by Gasteiger charge is 2.38. The summed E-state index contributed by atoms with van der Waals surface area (Å²) < 4.78 is 31.0. The van der Waals surface area contributed by atoms with Crippen LogP contribution in [0.2, 0.25) is 0 Å². The van der Waals surface area contributed by atoms with Crippen molar-refractivity contribution >= 4 is 15.9 Å². The van der Waals surface area contributed by atoms with Crippen LogP contribution in [0.15, 0.2) is 48.7 Å². The maximum Gasteiger partial charge on any atom is 0.227 e. The third kappa shape index (κ3) is 4.84. The van der Waals surface area contributed by atoms with Crippen molar-refractivity contribution in [2.75, 3.05) is 26.5 Å². The quantitative estimate of drug-likeness (QED) is 0.713. The summed E-state index contributed by atoms with van der Waals surface area (Å²) in [5.74, 6) is 0.686. The Labute approximate surface area is 159 Å². The Kier molecular flexibility index (Phi) is 5.76. The Morgan fingerprint density at radius 1 is 1.26 bits per heavy atom. The van der Waals surface area contributed by atoms with Gasteiger partial charge in [0.2, 0.25) is 15.9 Å². The molecule has 8 heteroatoms. The van der Waals surface area contributed by atoms with Crippen molar-refractivity contribution in [2.24, 2.45) is 0 Å². The topological polar surface area (TPSA) is 79.8 Å². The number of ether oxygens (including phenoxy) is 1. The molecular weight excluding hydrogens is 366 g/mol. The van der Waals surface area contributed by atoms with Gasteiger partial charge >= 0.3 is 0 Å². The molecule has 2 heterocycles. The summed E-state index contributed by atoms with van der Waals surface area (Å²) in [5.41, 5.74) is 1.56. The van der Waals surface area contributed by atoms with Gasteiger partial charge in [0.15, 0.2) is 0 Å². The number of hydrogen-bond acceptors (Lipinski definition) is 5. The van der Waals surface area contributed by atoms with Crippen LogP contribution in [0.25, 0.3) is 0 Å². The van der Waals surface area contributed by atoms with Crippen LogP contribution >= 0.6 is 0 Å². The molecule has 1 fully saturated rings. The van der Waals surface area contributed by atoms with Crippen molar-refractivity contribution in [3.8, 4) is 5.75 Å². The van der Waals surface area contributed by atoms with Crippen molar-refractivity contribution in [3.63, 3.8) is 0 Å². The van der Waals surface area contributed by atoms with Gasteiger partial charge < -0.3 is 9.64 Å². The van der Waals surface area contributed by atoms with Crippen molar-refractivity contribution in [3.05, 3.63) is 59.9 Å². The molecule has 2 aromatic rings. The third-order valence-corrected chi connectivity index (χ3v) is 5.86. The van der Waals surface area contributed by atoms with Gasteiger partial charge in [0.05, 0.1) is 38.1 Å². The lowest BCUT2D eigenvalue weighted by Gasteiger charge is -2.44. The number of carbonyl (C=O) groups is 1. The molecule has 0 bridgehead atoms. The second kappa shape index (κ2) is 8.06. The van der Waals surface area contributed by atoms with E-state index in [1.807, 2.05) is 30.3 Å². The van der Waals surface area contributed by atoms with E-state index in [1.54, 1.807) is 30.3 Å². The van der Waals surface area contributed by atoms with Crippen LogP contribution in [0.1, 0.15) is 11.3 Å². The van der Waals surface area contributed by atoms with E-state index in [0.717, 1.165) is 5.56 Å². The van der Waals surface area contributed by atoms with Crippen LogP contribution in [0, 0.1) is 0 Å². The zero-order valence-corrected chi connectivity index (χ0v) is 16.2. The average molecular weight is 389 g/mol. The summed E-state index contributed by atoms with van der Waals surface area (Å²) in [4.78, 5) is 18.4. The fraction of sp³-hybridized carbons (Fsp3) is 0.368. The fourth-order valence-electron chi connectivity index (χ4n) is 3.08. The lowest BCUT2D eigenvalue weighted by Crippen LogP contribution is -2.62. The van der Waals surface area contributed by atoms with Gasteiger partial charge in [-0.2, -0.15) is 4.31 Å². The van der Waals surface area contributed by atoms with Crippen molar-refractivity contribution in [2.45, 2.75) is 19.0 Å². The Hall–Kier alpha value is -2.45. The fourth-order valence-corrected chi connectivity index (χ4v) is 4.12. The number of likely N-dealkylation sites (tertiary alicyclic amines) is 1. The van der Waals surface area contributed by atoms with E-state index in [4.69, 9.17) is 4.74 Å². The molecule has 1 amide bonds. The first-order valence-electron chi connectivity index (χ1n) is 8.64. The Morgan fingerprint density at radius 3 is 2.67 bits per heavy atom. The molecule has 7 nitrogen and oxygen atoms in total. The molecule has 27 heavy (non-hydrogen) atoms. The predicted octanol–water partition coefficient (Wildman–Crippen LogP) is 1.31. The molecule has 3 rings (SSSR count). The number of pyridine rings is 1. The smallest absolute Gasteiger partial charge is 0.227 e. The average Bonchev–Trinajstić information content (AvgIpc) is 2.60. The van der Waals surface area contributed by atoms with E-state index >= 15 is 0 Å². The minimum Gasteiger partial charge on any atom is -0.497 e. The minimum absolute atomic E-state index is 0.0224. The Bertz CT molecular complexity index is 896. The number of amides is 1. The number of methoxy groups -OCH3 is 1. The van der Waals surface area contributed by atoms with Crippen molar-refractivity contribution in [1.82, 2.24) is 14.2 Å². The zero-order valence-electron chi connectivity index (χ0n) is 15.4. The largest absolute Gasteiger partial charge is 0.497 e. The summed E-state index contributed by atoms with van der Waals surface area (Å²) in [6.07, 6.45) is 3.10. The monoisotopic (exact) mass is 389 g/mol. The number of aromatic nitrogens is 1. The van der Waals surface area contributed by atoms with E-state index in [-0.39, 0.29) is 24.9 Å². The molecule has 0 saturated carbocycles. The van der Waals surface area contributed by atoms with Gasteiger partial charge in [-0.1, -0.05) is 18.2 Å². The maximum atomic E-state index is 12.5. The van der Waals surface area contributed by atoms with E-state index in [0.29, 0.717) is 24.5 Å². The first-order chi connectivity index (χ1) is 12.9. The minimum atomic E-state index is -3.40. The van der Waals surface area contributed by atoms with Crippen LogP contribution in [0.3, 0.4) is 0 Å². The van der Waals surface area contributed by atoms with E-state index in [2.05, 4.69) is 4.98 Å². The first kappa shape index (κ1) is 19.3. The van der Waals surface area contributed by atoms with Crippen LogP contribution in [-0.2, 0) is 27.8 Å². The standard InChI is InChI=1S/C19H23N3O4S/c1-26-18-8-5-6-15(10-18)11-19(23)21-13-17(14-21)22(27(2,24)25)12-16-7-3-4-9-20-16/h3-10,17H,11-14H2,1-2H3. The molecule has 1 aliphatic rings. The highest BCUT2D eigenvalue weighted by molar-refractivity contribution is 7.88. The normalized spacial score (nSPS) is 14.9. The van der Waals surface area contributed by atoms with E-state index in [1.165, 1.54) is 10.6 Å². The summed E-state index contributed by atoms with van der Waals surface area (Å²) >= 11 is 0.